The third-order valence-electron chi connectivity index (χ3n) is 0.806. The average molecular weight is 113 g/mol. The molecule has 0 amide bonds. The molecule has 0 aromatic carbocycles. The van der Waals surface area contributed by atoms with Crippen molar-refractivity contribution in [2.75, 3.05) is 7.05 Å². The van der Waals surface area contributed by atoms with Crippen LogP contribution in [0.2, 0.25) is 0 Å². The maximum atomic E-state index is 4.97. The second-order valence-electron chi connectivity index (χ2n) is 1.36. The summed E-state index contributed by atoms with van der Waals surface area (Å²) in [5, 5.41) is 3.46. The second-order valence-corrected chi connectivity index (χ2v) is 1.36. The van der Waals surface area contributed by atoms with E-state index in [9.17, 15) is 0 Å². The van der Waals surface area contributed by atoms with Gasteiger partial charge in [-0.15, -0.1) is 0 Å². The average Bonchev–Trinajstić information content (AvgIpc) is 1.83. The first-order chi connectivity index (χ1) is 3.85. The Labute approximate surface area is 49.3 Å². The first-order valence-electron chi connectivity index (χ1n) is 2.54. The largest absolute Gasteiger partial charge is 0.323 e. The summed E-state index contributed by atoms with van der Waals surface area (Å²) in [6.45, 7) is 1.98. The molecule has 0 spiro atoms. The number of nitrogens with two attached hydrogens (primary N) is 1. The fourth-order valence-electron chi connectivity index (χ4n) is 0.365. The van der Waals surface area contributed by atoms with Crippen molar-refractivity contribution in [3.05, 3.63) is 0 Å². The van der Waals surface area contributed by atoms with E-state index in [1.54, 1.807) is 13.3 Å². The Morgan fingerprint density at radius 2 is 2.38 bits per heavy atom. The molecule has 0 radical (unpaired) electrons. The maximum absolute atomic E-state index is 4.97. The van der Waals surface area contributed by atoms with Crippen LogP contribution in [0.4, 0.5) is 0 Å². The molecule has 3 heteroatoms. The van der Waals surface area contributed by atoms with E-state index in [2.05, 4.69) is 10.1 Å². The zero-order valence-electron chi connectivity index (χ0n) is 5.26. The lowest BCUT2D eigenvalue weighted by atomic mass is 10.3. The van der Waals surface area contributed by atoms with Gasteiger partial charge in [0.05, 0.1) is 5.71 Å². The van der Waals surface area contributed by atoms with Crippen LogP contribution in [0.1, 0.15) is 13.3 Å². The summed E-state index contributed by atoms with van der Waals surface area (Å²) in [5.74, 6) is 4.97. The van der Waals surface area contributed by atoms with Crippen LogP contribution in [0, 0.1) is 0 Å². The first kappa shape index (κ1) is 7.14. The minimum absolute atomic E-state index is 0.826. The van der Waals surface area contributed by atoms with E-state index in [1.165, 1.54) is 0 Å². The first-order valence-corrected chi connectivity index (χ1v) is 2.54. The molecule has 0 aromatic rings. The van der Waals surface area contributed by atoms with Gasteiger partial charge in [0.2, 0.25) is 0 Å². The van der Waals surface area contributed by atoms with Crippen LogP contribution in [0.5, 0.6) is 0 Å². The molecule has 46 valence electrons. The SMILES string of the molecule is CCC(/C=N\C)=N/N. The molecule has 0 heterocycles. The molecule has 0 saturated heterocycles. The molecule has 0 fully saturated rings. The molecule has 0 bridgehead atoms. The quantitative estimate of drug-likeness (QED) is 0.315. The Morgan fingerprint density at radius 3 is 2.50 bits per heavy atom. The number of nitrogens with zero attached hydrogens (tertiary/aromatic N) is 2. The van der Waals surface area contributed by atoms with Crippen molar-refractivity contribution in [3.63, 3.8) is 0 Å². The van der Waals surface area contributed by atoms with Crippen LogP contribution in [0.25, 0.3) is 0 Å². The van der Waals surface area contributed by atoms with Crippen molar-refractivity contribution in [1.29, 1.82) is 0 Å². The molecule has 0 aliphatic heterocycles. The predicted octanol–water partition coefficient (Wildman–Crippen LogP) is 0.412. The number of hydrogen-bond donors (Lipinski definition) is 1. The van der Waals surface area contributed by atoms with Crippen LogP contribution in [-0.2, 0) is 0 Å². The molecular weight excluding hydrogens is 102 g/mol. The summed E-state index contributed by atoms with van der Waals surface area (Å²) in [4.78, 5) is 3.74. The van der Waals surface area contributed by atoms with Crippen LogP contribution in [-0.4, -0.2) is 19.0 Å². The zero-order chi connectivity index (χ0) is 6.41. The Hall–Kier alpha value is -0.860. The normalized spacial score (nSPS) is 13.0. The van der Waals surface area contributed by atoms with Gasteiger partial charge in [-0.2, -0.15) is 5.10 Å². The van der Waals surface area contributed by atoms with Gasteiger partial charge in [0.25, 0.3) is 0 Å². The van der Waals surface area contributed by atoms with E-state index >= 15 is 0 Å². The van der Waals surface area contributed by atoms with Gasteiger partial charge in [0.1, 0.15) is 0 Å². The molecule has 0 aliphatic rings. The molecule has 0 aromatic heterocycles. The lowest BCUT2D eigenvalue weighted by molar-refractivity contribution is 1.19. The number of hydrogen-bond acceptors (Lipinski definition) is 3. The monoisotopic (exact) mass is 113 g/mol. The summed E-state index contributed by atoms with van der Waals surface area (Å²) in [6, 6.07) is 0. The van der Waals surface area contributed by atoms with Crippen LogP contribution in [0.3, 0.4) is 0 Å². The van der Waals surface area contributed by atoms with E-state index < -0.39 is 0 Å². The predicted molar refractivity (Wildman–Crippen MR) is 36.3 cm³/mol. The molecule has 0 unspecified atom stereocenters. The Morgan fingerprint density at radius 1 is 1.75 bits per heavy atom. The zero-order valence-corrected chi connectivity index (χ0v) is 5.26. The van der Waals surface area contributed by atoms with Crippen molar-refractivity contribution in [1.82, 2.24) is 0 Å². The smallest absolute Gasteiger partial charge is 0.0775 e. The topological polar surface area (TPSA) is 50.7 Å². The van der Waals surface area contributed by atoms with Gasteiger partial charge < -0.3 is 5.84 Å². The summed E-state index contributed by atoms with van der Waals surface area (Å²) in [7, 11) is 1.70. The van der Waals surface area contributed by atoms with Gasteiger partial charge in [-0.05, 0) is 6.42 Å². The lowest BCUT2D eigenvalue weighted by Crippen LogP contribution is -2.00. The molecular formula is C5H11N3. The maximum Gasteiger partial charge on any atom is 0.0775 e. The fraction of sp³-hybridized carbons (Fsp3) is 0.600. The summed E-state index contributed by atoms with van der Waals surface area (Å²) >= 11 is 0. The van der Waals surface area contributed by atoms with E-state index in [0.29, 0.717) is 0 Å². The van der Waals surface area contributed by atoms with E-state index in [1.807, 2.05) is 6.92 Å². The highest BCUT2D eigenvalue weighted by Crippen LogP contribution is 1.77. The van der Waals surface area contributed by atoms with Crippen LogP contribution in [0.15, 0.2) is 10.1 Å². The van der Waals surface area contributed by atoms with Gasteiger partial charge in [-0.1, -0.05) is 6.92 Å². The summed E-state index contributed by atoms with van der Waals surface area (Å²) in [6.07, 6.45) is 2.49. The van der Waals surface area contributed by atoms with E-state index in [4.69, 9.17) is 5.84 Å². The van der Waals surface area contributed by atoms with E-state index in [-0.39, 0.29) is 0 Å². The Bertz CT molecular complexity index is 101. The Balaban J connectivity index is 3.72. The van der Waals surface area contributed by atoms with Gasteiger partial charge >= 0.3 is 0 Å². The van der Waals surface area contributed by atoms with Crippen molar-refractivity contribution in [2.24, 2.45) is 15.9 Å². The Kier molecular flexibility index (Phi) is 3.84. The second kappa shape index (κ2) is 4.30. The number of rotatable bonds is 2. The van der Waals surface area contributed by atoms with Crippen molar-refractivity contribution >= 4 is 11.9 Å². The molecule has 0 saturated carbocycles. The van der Waals surface area contributed by atoms with Crippen LogP contribution < -0.4 is 5.84 Å². The molecule has 0 aliphatic carbocycles. The lowest BCUT2D eigenvalue weighted by Gasteiger charge is -1.87. The van der Waals surface area contributed by atoms with Gasteiger partial charge in [0.15, 0.2) is 0 Å². The summed E-state index contributed by atoms with van der Waals surface area (Å²) < 4.78 is 0. The minimum Gasteiger partial charge on any atom is -0.323 e. The van der Waals surface area contributed by atoms with E-state index in [0.717, 1.165) is 12.1 Å². The standard InChI is InChI=1S/C5H11N3/c1-3-5(8-6)4-7-2/h4H,3,6H2,1-2H3/b7-4-,8-5-. The summed E-state index contributed by atoms with van der Waals surface area (Å²) in [5.41, 5.74) is 0.826. The third-order valence-corrected chi connectivity index (χ3v) is 0.806. The minimum atomic E-state index is 0.826. The van der Waals surface area contributed by atoms with Gasteiger partial charge in [-0.25, -0.2) is 0 Å². The molecule has 0 rings (SSSR count). The number of hydrazone groups is 1. The van der Waals surface area contributed by atoms with Crippen molar-refractivity contribution < 1.29 is 0 Å². The van der Waals surface area contributed by atoms with Gasteiger partial charge in [-0.3, -0.25) is 4.99 Å². The highest BCUT2D eigenvalue weighted by molar-refractivity contribution is 6.30. The molecule has 3 nitrogen and oxygen atoms in total. The van der Waals surface area contributed by atoms with Crippen LogP contribution >= 0.6 is 0 Å². The molecule has 8 heavy (non-hydrogen) atoms. The van der Waals surface area contributed by atoms with Crippen molar-refractivity contribution in [3.8, 4) is 0 Å². The fourth-order valence-corrected chi connectivity index (χ4v) is 0.365. The molecule has 0 atom stereocenters. The third kappa shape index (κ3) is 2.34. The molecule has 2 N–H and O–H groups in total. The number of aliphatic imine (C=N–C) groups is 1. The van der Waals surface area contributed by atoms with Crippen molar-refractivity contribution in [2.45, 2.75) is 13.3 Å². The highest BCUT2D eigenvalue weighted by atomic mass is 15.1. The van der Waals surface area contributed by atoms with Gasteiger partial charge in [0, 0.05) is 13.3 Å². The highest BCUT2D eigenvalue weighted by Gasteiger charge is 1.84.